The number of hydrogen-bond acceptors (Lipinski definition) is 4. The van der Waals surface area contributed by atoms with Crippen LogP contribution in [-0.4, -0.2) is 66.6 Å². The lowest BCUT2D eigenvalue weighted by Crippen LogP contribution is -2.53. The lowest BCUT2D eigenvalue weighted by atomic mass is 10.0. The highest BCUT2D eigenvalue weighted by Crippen LogP contribution is 2.33. The largest absolute Gasteiger partial charge is 0.417 e. The van der Waals surface area contributed by atoms with Crippen molar-refractivity contribution in [3.8, 4) is 0 Å². The van der Waals surface area contributed by atoms with E-state index in [9.17, 15) is 31.5 Å². The molecule has 1 N–H and O–H groups in total. The maximum atomic E-state index is 12.7. The third kappa shape index (κ3) is 4.61. The van der Waals surface area contributed by atoms with Crippen molar-refractivity contribution in [2.45, 2.75) is 43.9 Å². The molecule has 0 spiro atoms. The van der Waals surface area contributed by atoms with Gasteiger partial charge in [0.1, 0.15) is 0 Å². The molecule has 1 saturated heterocycles. The molecule has 0 radical (unpaired) electrons. The van der Waals surface area contributed by atoms with Gasteiger partial charge in [0.15, 0.2) is 5.60 Å². The zero-order chi connectivity index (χ0) is 20.6. The van der Waals surface area contributed by atoms with Crippen LogP contribution in [0.1, 0.15) is 24.5 Å². The molecule has 1 aromatic rings. The average Bonchev–Trinajstić information content (AvgIpc) is 2.56. The highest BCUT2D eigenvalue weighted by molar-refractivity contribution is 7.89. The zero-order valence-corrected chi connectivity index (χ0v) is 16.2. The first kappa shape index (κ1) is 21.6. The summed E-state index contributed by atoms with van der Waals surface area (Å²) in [5.41, 5.74) is -1.33. The molecule has 27 heavy (non-hydrogen) atoms. The van der Waals surface area contributed by atoms with Crippen LogP contribution >= 0.6 is 0 Å². The molecule has 10 heteroatoms. The first-order valence-corrected chi connectivity index (χ1v) is 9.84. The summed E-state index contributed by atoms with van der Waals surface area (Å²) in [7, 11) is -3.74. The molecule has 0 aliphatic carbocycles. The minimum atomic E-state index is -4.92. The minimum absolute atomic E-state index is 0.0187. The Kier molecular flexibility index (Phi) is 5.93. The van der Waals surface area contributed by atoms with Crippen molar-refractivity contribution in [3.05, 3.63) is 29.3 Å². The summed E-state index contributed by atoms with van der Waals surface area (Å²) < 4.78 is 64.8. The number of piperazine rings is 1. The number of alkyl halides is 3. The van der Waals surface area contributed by atoms with E-state index >= 15 is 0 Å². The predicted molar refractivity (Wildman–Crippen MR) is 92.6 cm³/mol. The van der Waals surface area contributed by atoms with E-state index in [4.69, 9.17) is 0 Å². The van der Waals surface area contributed by atoms with Crippen molar-refractivity contribution < 1.29 is 31.5 Å². The number of nitrogens with zero attached hydrogens (tertiary/aromatic N) is 2. The number of carbonyl (C=O) groups excluding carboxylic acids is 1. The number of hydrogen-bond donors (Lipinski definition) is 1. The van der Waals surface area contributed by atoms with Crippen molar-refractivity contribution in [1.29, 1.82) is 0 Å². The van der Waals surface area contributed by atoms with E-state index in [2.05, 4.69) is 0 Å². The molecule has 152 valence electrons. The summed E-state index contributed by atoms with van der Waals surface area (Å²) in [5, 5.41) is 9.45. The van der Waals surface area contributed by atoms with E-state index in [-0.39, 0.29) is 31.1 Å². The molecular formula is C17H23F3N2O4S. The monoisotopic (exact) mass is 408 g/mol. The number of rotatable bonds is 4. The summed E-state index contributed by atoms with van der Waals surface area (Å²) in [6.07, 6.45) is -6.02. The number of benzene rings is 1. The topological polar surface area (TPSA) is 77.9 Å². The van der Waals surface area contributed by atoms with Crippen molar-refractivity contribution in [1.82, 2.24) is 9.21 Å². The van der Waals surface area contributed by atoms with Gasteiger partial charge in [-0.15, -0.1) is 0 Å². The standard InChI is InChI=1S/C17H23F3N2O4S/c1-12-4-5-14(10-13(12)2)27(25,26)22-8-6-21(7-9-22)15(23)11-16(3,24)17(18,19)20/h4-5,10,24H,6-9,11H2,1-3H3/t16-/m1/s1. The van der Waals surface area contributed by atoms with Crippen LogP contribution in [0.25, 0.3) is 0 Å². The van der Waals surface area contributed by atoms with Crippen molar-refractivity contribution in [2.75, 3.05) is 26.2 Å². The molecule has 1 aliphatic rings. The number of sulfonamides is 1. The number of carbonyl (C=O) groups is 1. The molecule has 0 bridgehead atoms. The molecule has 1 aliphatic heterocycles. The van der Waals surface area contributed by atoms with Crippen LogP contribution < -0.4 is 0 Å². The van der Waals surface area contributed by atoms with Crippen LogP contribution in [0.15, 0.2) is 23.1 Å². The maximum Gasteiger partial charge on any atom is 0.417 e. The fraction of sp³-hybridized carbons (Fsp3) is 0.588. The molecule has 1 aromatic carbocycles. The Labute approximate surface area is 156 Å². The van der Waals surface area contributed by atoms with Crippen LogP contribution in [-0.2, 0) is 14.8 Å². The van der Waals surface area contributed by atoms with Crippen molar-refractivity contribution >= 4 is 15.9 Å². The van der Waals surface area contributed by atoms with E-state index in [1.54, 1.807) is 19.1 Å². The van der Waals surface area contributed by atoms with Gasteiger partial charge in [-0.05, 0) is 44.0 Å². The highest BCUT2D eigenvalue weighted by Gasteiger charge is 2.51. The summed E-state index contributed by atoms with van der Waals surface area (Å²) in [5.74, 6) is -0.861. The number of halogens is 3. The lowest BCUT2D eigenvalue weighted by Gasteiger charge is -2.35. The average molecular weight is 408 g/mol. The summed E-state index contributed by atoms with van der Waals surface area (Å²) in [6.45, 7) is 4.12. The van der Waals surface area contributed by atoms with Gasteiger partial charge in [-0.3, -0.25) is 4.79 Å². The van der Waals surface area contributed by atoms with E-state index in [1.165, 1.54) is 10.4 Å². The number of amides is 1. The molecule has 0 aromatic heterocycles. The smallest absolute Gasteiger partial charge is 0.380 e. The van der Waals surface area contributed by atoms with Gasteiger partial charge in [0.2, 0.25) is 15.9 Å². The van der Waals surface area contributed by atoms with Gasteiger partial charge >= 0.3 is 6.18 Å². The quantitative estimate of drug-likeness (QED) is 0.825. The molecular weight excluding hydrogens is 385 g/mol. The normalized spacial score (nSPS) is 19.0. The van der Waals surface area contributed by atoms with Gasteiger partial charge in [-0.25, -0.2) is 8.42 Å². The third-order valence-electron chi connectivity index (χ3n) is 4.81. The fourth-order valence-electron chi connectivity index (χ4n) is 2.71. The van der Waals surface area contributed by atoms with Gasteiger partial charge in [-0.2, -0.15) is 17.5 Å². The SMILES string of the molecule is Cc1ccc(S(=O)(=O)N2CCN(C(=O)C[C@@](C)(O)C(F)(F)F)CC2)cc1C. The molecule has 1 atom stereocenters. The van der Waals surface area contributed by atoms with Crippen LogP contribution in [0.4, 0.5) is 13.2 Å². The van der Waals surface area contributed by atoms with E-state index < -0.39 is 34.1 Å². The van der Waals surface area contributed by atoms with Gasteiger partial charge in [0, 0.05) is 26.2 Å². The summed E-state index contributed by atoms with van der Waals surface area (Å²) >= 11 is 0. The second-order valence-electron chi connectivity index (χ2n) is 6.98. The Hall–Kier alpha value is -1.65. The Morgan fingerprint density at radius 2 is 1.67 bits per heavy atom. The first-order chi connectivity index (χ1) is 12.3. The van der Waals surface area contributed by atoms with E-state index in [0.29, 0.717) is 6.92 Å². The Balaban J connectivity index is 2.04. The fourth-order valence-corrected chi connectivity index (χ4v) is 4.22. The van der Waals surface area contributed by atoms with Crippen LogP contribution in [0, 0.1) is 13.8 Å². The molecule has 0 saturated carbocycles. The molecule has 6 nitrogen and oxygen atoms in total. The maximum absolute atomic E-state index is 12.7. The predicted octanol–water partition coefficient (Wildman–Crippen LogP) is 1.84. The minimum Gasteiger partial charge on any atom is -0.380 e. The molecule has 2 rings (SSSR count). The number of aryl methyl sites for hydroxylation is 2. The van der Waals surface area contributed by atoms with Crippen molar-refractivity contribution in [2.24, 2.45) is 0 Å². The van der Waals surface area contributed by atoms with Crippen LogP contribution in [0.2, 0.25) is 0 Å². The zero-order valence-electron chi connectivity index (χ0n) is 15.4. The third-order valence-corrected chi connectivity index (χ3v) is 6.71. The van der Waals surface area contributed by atoms with Gasteiger partial charge in [0.05, 0.1) is 11.3 Å². The molecule has 1 amide bonds. The van der Waals surface area contributed by atoms with Gasteiger partial charge < -0.3 is 10.0 Å². The molecule has 0 unspecified atom stereocenters. The molecule has 1 fully saturated rings. The van der Waals surface area contributed by atoms with E-state index in [1.807, 2.05) is 6.92 Å². The Bertz CT molecular complexity index is 814. The Morgan fingerprint density at radius 1 is 1.11 bits per heavy atom. The van der Waals surface area contributed by atoms with Gasteiger partial charge in [-0.1, -0.05) is 6.07 Å². The van der Waals surface area contributed by atoms with Crippen LogP contribution in [0.5, 0.6) is 0 Å². The molecule has 1 heterocycles. The van der Waals surface area contributed by atoms with Gasteiger partial charge in [0.25, 0.3) is 0 Å². The van der Waals surface area contributed by atoms with E-state index in [0.717, 1.165) is 16.0 Å². The first-order valence-electron chi connectivity index (χ1n) is 8.40. The highest BCUT2D eigenvalue weighted by atomic mass is 32.2. The second-order valence-corrected chi connectivity index (χ2v) is 8.92. The van der Waals surface area contributed by atoms with Crippen molar-refractivity contribution in [3.63, 3.8) is 0 Å². The number of aliphatic hydroxyl groups is 1. The summed E-state index contributed by atoms with van der Waals surface area (Å²) in [4.78, 5) is 13.4. The Morgan fingerprint density at radius 3 is 2.15 bits per heavy atom. The second kappa shape index (κ2) is 7.40. The van der Waals surface area contributed by atoms with Crippen LogP contribution in [0.3, 0.4) is 0 Å². The summed E-state index contributed by atoms with van der Waals surface area (Å²) in [6, 6.07) is 4.79. The lowest BCUT2D eigenvalue weighted by molar-refractivity contribution is -0.254.